The first-order valence-electron chi connectivity index (χ1n) is 5.50. The van der Waals surface area contributed by atoms with Crippen LogP contribution in [0.3, 0.4) is 0 Å². The van der Waals surface area contributed by atoms with E-state index in [0.717, 1.165) is 37.2 Å². The summed E-state index contributed by atoms with van der Waals surface area (Å²) in [7, 11) is 8.81. The van der Waals surface area contributed by atoms with Gasteiger partial charge >= 0.3 is 0 Å². The third-order valence-corrected chi connectivity index (χ3v) is 2.43. The van der Waals surface area contributed by atoms with E-state index in [-0.39, 0.29) is 0 Å². The second-order valence-corrected chi connectivity index (χ2v) is 4.88. The van der Waals surface area contributed by atoms with E-state index in [2.05, 4.69) is 33.5 Å². The SMILES string of the molecule is C[NH+](C)CCNCC[N+](C)(C)CCN. The van der Waals surface area contributed by atoms with Gasteiger partial charge in [0.25, 0.3) is 0 Å². The van der Waals surface area contributed by atoms with Crippen LogP contribution >= 0.6 is 0 Å². The lowest BCUT2D eigenvalue weighted by Crippen LogP contribution is -3.06. The van der Waals surface area contributed by atoms with Crippen molar-refractivity contribution in [1.29, 1.82) is 0 Å². The van der Waals surface area contributed by atoms with Crippen LogP contribution in [0.4, 0.5) is 0 Å². The molecule has 0 heterocycles. The van der Waals surface area contributed by atoms with Gasteiger partial charge < -0.3 is 20.4 Å². The van der Waals surface area contributed by atoms with Crippen LogP contribution in [0.15, 0.2) is 0 Å². The molecule has 0 aliphatic heterocycles. The Bertz CT molecular complexity index is 134. The van der Waals surface area contributed by atoms with Crippen molar-refractivity contribution >= 4 is 0 Å². The summed E-state index contributed by atoms with van der Waals surface area (Å²) in [5.41, 5.74) is 5.55. The van der Waals surface area contributed by atoms with E-state index < -0.39 is 0 Å². The number of nitrogens with one attached hydrogen (secondary N) is 2. The summed E-state index contributed by atoms with van der Waals surface area (Å²) in [4.78, 5) is 1.49. The van der Waals surface area contributed by atoms with Crippen LogP contribution in [0.2, 0.25) is 0 Å². The minimum Gasteiger partial charge on any atom is -0.339 e. The molecule has 0 aromatic rings. The predicted molar refractivity (Wildman–Crippen MR) is 61.4 cm³/mol. The first kappa shape index (κ1) is 13.8. The van der Waals surface area contributed by atoms with Crippen molar-refractivity contribution < 1.29 is 9.38 Å². The monoisotopic (exact) mass is 204 g/mol. The van der Waals surface area contributed by atoms with Gasteiger partial charge in [0, 0.05) is 19.6 Å². The fraction of sp³-hybridized carbons (Fsp3) is 1.00. The van der Waals surface area contributed by atoms with Crippen molar-refractivity contribution in [3.63, 3.8) is 0 Å². The first-order valence-corrected chi connectivity index (χ1v) is 5.50. The molecule has 0 aliphatic rings. The molecule has 0 spiro atoms. The Morgan fingerprint density at radius 1 is 1.14 bits per heavy atom. The molecule has 4 N–H and O–H groups in total. The van der Waals surface area contributed by atoms with Crippen LogP contribution in [0, 0.1) is 0 Å². The molecule has 0 saturated carbocycles. The van der Waals surface area contributed by atoms with Crippen molar-refractivity contribution in [3.8, 4) is 0 Å². The highest BCUT2D eigenvalue weighted by atomic mass is 15.3. The molecule has 86 valence electrons. The zero-order valence-corrected chi connectivity index (χ0v) is 10.3. The van der Waals surface area contributed by atoms with Crippen LogP contribution in [0.25, 0.3) is 0 Å². The second kappa shape index (κ2) is 7.17. The zero-order valence-electron chi connectivity index (χ0n) is 10.3. The predicted octanol–water partition coefficient (Wildman–Crippen LogP) is -2.24. The van der Waals surface area contributed by atoms with E-state index in [0.29, 0.717) is 0 Å². The summed E-state index contributed by atoms with van der Waals surface area (Å²) in [6.45, 7) is 6.35. The van der Waals surface area contributed by atoms with Crippen molar-refractivity contribution in [2.75, 3.05) is 67.5 Å². The van der Waals surface area contributed by atoms with Gasteiger partial charge in [0.15, 0.2) is 0 Å². The van der Waals surface area contributed by atoms with Crippen LogP contribution in [-0.4, -0.2) is 71.9 Å². The summed E-state index contributed by atoms with van der Waals surface area (Å²) in [5.74, 6) is 0. The molecule has 14 heavy (non-hydrogen) atoms. The molecule has 0 aromatic heterocycles. The normalized spacial score (nSPS) is 12.4. The van der Waals surface area contributed by atoms with Gasteiger partial charge in [0.2, 0.25) is 0 Å². The molecular weight excluding hydrogens is 176 g/mol. The number of rotatable bonds is 8. The molecule has 0 aromatic carbocycles. The minimum absolute atomic E-state index is 0.773. The van der Waals surface area contributed by atoms with Crippen LogP contribution in [-0.2, 0) is 0 Å². The van der Waals surface area contributed by atoms with E-state index in [4.69, 9.17) is 5.73 Å². The lowest BCUT2D eigenvalue weighted by molar-refractivity contribution is -0.887. The smallest absolute Gasteiger partial charge is 0.0909 e. The lowest BCUT2D eigenvalue weighted by Gasteiger charge is -2.29. The van der Waals surface area contributed by atoms with E-state index >= 15 is 0 Å². The maximum absolute atomic E-state index is 5.55. The highest BCUT2D eigenvalue weighted by Gasteiger charge is 2.12. The summed E-state index contributed by atoms with van der Waals surface area (Å²) in [6, 6.07) is 0. The summed E-state index contributed by atoms with van der Waals surface area (Å²) in [5, 5.41) is 3.45. The lowest BCUT2D eigenvalue weighted by atomic mass is 10.4. The van der Waals surface area contributed by atoms with E-state index in [1.807, 2.05) is 0 Å². The molecule has 4 heteroatoms. The van der Waals surface area contributed by atoms with Gasteiger partial charge in [-0.05, 0) is 0 Å². The highest BCUT2D eigenvalue weighted by molar-refractivity contribution is 4.45. The number of likely N-dealkylation sites (N-methyl/N-ethyl adjacent to an activating group) is 2. The Morgan fingerprint density at radius 3 is 2.29 bits per heavy atom. The number of nitrogens with zero attached hydrogens (tertiary/aromatic N) is 1. The fourth-order valence-electron chi connectivity index (χ4n) is 1.31. The largest absolute Gasteiger partial charge is 0.339 e. The maximum Gasteiger partial charge on any atom is 0.0909 e. The molecular formula is C10H28N4+2. The standard InChI is InChI=1S/C10H27N4/c1-13(2)8-6-12-7-10-14(3,4)9-5-11/h12H,5-11H2,1-4H3/q+1/p+1. The Labute approximate surface area is 88.6 Å². The summed E-state index contributed by atoms with van der Waals surface area (Å²) < 4.78 is 1.01. The number of nitrogens with two attached hydrogens (primary N) is 1. The number of hydrogen-bond acceptors (Lipinski definition) is 2. The second-order valence-electron chi connectivity index (χ2n) is 4.88. The van der Waals surface area contributed by atoms with Gasteiger partial charge in [-0.15, -0.1) is 0 Å². The van der Waals surface area contributed by atoms with Gasteiger partial charge in [-0.1, -0.05) is 0 Å². The van der Waals surface area contributed by atoms with E-state index in [1.165, 1.54) is 11.4 Å². The molecule has 0 saturated heterocycles. The average molecular weight is 204 g/mol. The first-order chi connectivity index (χ1) is 6.48. The molecule has 0 radical (unpaired) electrons. The quantitative estimate of drug-likeness (QED) is 0.309. The van der Waals surface area contributed by atoms with Gasteiger partial charge in [0.05, 0.1) is 47.8 Å². The molecule has 0 bridgehead atoms. The van der Waals surface area contributed by atoms with E-state index in [1.54, 1.807) is 0 Å². The summed E-state index contributed by atoms with van der Waals surface area (Å²) in [6.07, 6.45) is 0. The zero-order chi connectivity index (χ0) is 11.0. The highest BCUT2D eigenvalue weighted by Crippen LogP contribution is 1.92. The molecule has 0 aliphatic carbocycles. The van der Waals surface area contributed by atoms with E-state index in [9.17, 15) is 0 Å². The van der Waals surface area contributed by atoms with Gasteiger partial charge in [-0.25, -0.2) is 0 Å². The topological polar surface area (TPSA) is 42.5 Å². The van der Waals surface area contributed by atoms with Crippen LogP contribution in [0.1, 0.15) is 0 Å². The Morgan fingerprint density at radius 2 is 1.79 bits per heavy atom. The fourth-order valence-corrected chi connectivity index (χ4v) is 1.31. The molecule has 0 unspecified atom stereocenters. The molecule has 0 fully saturated rings. The number of quaternary nitrogens is 2. The van der Waals surface area contributed by atoms with Gasteiger partial charge in [-0.2, -0.15) is 0 Å². The Balaban J connectivity index is 3.34. The molecule has 0 atom stereocenters. The minimum atomic E-state index is 0.773. The van der Waals surface area contributed by atoms with Crippen LogP contribution < -0.4 is 16.0 Å². The van der Waals surface area contributed by atoms with Crippen LogP contribution in [0.5, 0.6) is 0 Å². The van der Waals surface area contributed by atoms with Crippen molar-refractivity contribution in [2.24, 2.45) is 5.73 Å². The third kappa shape index (κ3) is 8.44. The Hall–Kier alpha value is -0.160. The maximum atomic E-state index is 5.55. The van der Waals surface area contributed by atoms with Gasteiger partial charge in [-0.3, -0.25) is 0 Å². The molecule has 4 nitrogen and oxygen atoms in total. The number of hydrogen-bond donors (Lipinski definition) is 3. The van der Waals surface area contributed by atoms with Gasteiger partial charge in [0.1, 0.15) is 0 Å². The van der Waals surface area contributed by atoms with Crippen molar-refractivity contribution in [1.82, 2.24) is 5.32 Å². The third-order valence-electron chi connectivity index (χ3n) is 2.43. The summed E-state index contributed by atoms with van der Waals surface area (Å²) >= 11 is 0. The average Bonchev–Trinajstić information content (AvgIpc) is 2.02. The molecule has 0 rings (SSSR count). The Kier molecular flexibility index (Phi) is 7.09. The van der Waals surface area contributed by atoms with Crippen molar-refractivity contribution in [3.05, 3.63) is 0 Å². The van der Waals surface area contributed by atoms with Crippen molar-refractivity contribution in [2.45, 2.75) is 0 Å². The molecule has 0 amide bonds.